The largest absolute Gasteiger partial charge is 0.463 e. The molecule has 3 aromatic carbocycles. The summed E-state index contributed by atoms with van der Waals surface area (Å²) in [4.78, 5) is 18.6. The Hall–Kier alpha value is -2.41. The van der Waals surface area contributed by atoms with Gasteiger partial charge in [0.2, 0.25) is 0 Å². The van der Waals surface area contributed by atoms with Crippen molar-refractivity contribution in [2.45, 2.75) is 15.7 Å². The van der Waals surface area contributed by atoms with E-state index in [0.29, 0.717) is 17.9 Å². The monoisotopic (exact) mass is 489 g/mol. The van der Waals surface area contributed by atoms with Crippen molar-refractivity contribution in [2.24, 2.45) is 4.99 Å². The summed E-state index contributed by atoms with van der Waals surface area (Å²) in [6.45, 7) is 2.17. The molecule has 6 heteroatoms. The van der Waals surface area contributed by atoms with Crippen LogP contribution in [0.4, 0.5) is 0 Å². The zero-order valence-corrected chi connectivity index (χ0v) is 20.8. The van der Waals surface area contributed by atoms with E-state index in [4.69, 9.17) is 9.73 Å². The van der Waals surface area contributed by atoms with Gasteiger partial charge in [0.25, 0.3) is 0 Å². The molecule has 2 aliphatic heterocycles. The minimum Gasteiger partial charge on any atom is -0.463 e. The van der Waals surface area contributed by atoms with Crippen LogP contribution in [0.5, 0.6) is 0 Å². The highest BCUT2D eigenvalue weighted by Gasteiger charge is 2.76. The maximum atomic E-state index is 13.6. The smallest absolute Gasteiger partial charge is 0.338 e. The molecule has 1 saturated heterocycles. The highest BCUT2D eigenvalue weighted by molar-refractivity contribution is 8.44. The number of aliphatic imine (C=N–C) groups is 1. The molecule has 2 heterocycles. The normalized spacial score (nSPS) is 21.0. The fraction of sp³-hybridized carbons (Fsp3) is 0.185. The lowest BCUT2D eigenvalue weighted by atomic mass is 9.84. The fourth-order valence-corrected chi connectivity index (χ4v) is 8.85. The van der Waals surface area contributed by atoms with Crippen molar-refractivity contribution >= 4 is 51.3 Å². The van der Waals surface area contributed by atoms with E-state index in [1.54, 1.807) is 35.3 Å². The van der Waals surface area contributed by atoms with Crippen LogP contribution in [0.2, 0.25) is 0 Å². The van der Waals surface area contributed by atoms with Gasteiger partial charge in [-0.25, -0.2) is 9.79 Å². The maximum Gasteiger partial charge on any atom is 0.338 e. The number of rotatable bonds is 5. The number of hydrogen-bond donors (Lipinski definition) is 0. The molecule has 5 rings (SSSR count). The van der Waals surface area contributed by atoms with Crippen LogP contribution in [0.3, 0.4) is 0 Å². The first kappa shape index (κ1) is 22.4. The molecule has 0 saturated carbocycles. The summed E-state index contributed by atoms with van der Waals surface area (Å²) in [5.74, 6) is -0.297. The number of hydrogen-bond acceptors (Lipinski definition) is 6. The number of carbonyl (C=O) groups excluding carboxylic acids is 1. The zero-order chi connectivity index (χ0) is 22.9. The molecule has 0 aliphatic carbocycles. The number of nitrogens with zero attached hydrogens (tertiary/aromatic N) is 1. The second kappa shape index (κ2) is 9.09. The summed E-state index contributed by atoms with van der Waals surface area (Å²) in [5, 5.41) is 0. The first-order valence-corrected chi connectivity index (χ1v) is 13.6. The average Bonchev–Trinajstić information content (AvgIpc) is 3.53. The molecule has 1 atom stereocenters. The first-order chi connectivity index (χ1) is 16.2. The minimum atomic E-state index is -0.576. The molecule has 1 spiro atoms. The van der Waals surface area contributed by atoms with Crippen LogP contribution in [0.1, 0.15) is 23.6 Å². The van der Waals surface area contributed by atoms with Gasteiger partial charge in [-0.1, -0.05) is 103 Å². The van der Waals surface area contributed by atoms with Gasteiger partial charge in [-0.05, 0) is 24.3 Å². The van der Waals surface area contributed by atoms with Gasteiger partial charge in [0.15, 0.2) is 0 Å². The molecule has 1 unspecified atom stereocenters. The van der Waals surface area contributed by atoms with E-state index < -0.39 is 8.83 Å². The van der Waals surface area contributed by atoms with Crippen LogP contribution in [0, 0.1) is 0 Å². The number of esters is 1. The Bertz CT molecular complexity index is 1190. The maximum absolute atomic E-state index is 13.6. The predicted molar refractivity (Wildman–Crippen MR) is 143 cm³/mol. The van der Waals surface area contributed by atoms with E-state index in [1.807, 2.05) is 55.6 Å². The fourth-order valence-electron chi connectivity index (χ4n) is 4.35. The van der Waals surface area contributed by atoms with Crippen molar-refractivity contribution in [1.29, 1.82) is 0 Å². The molecule has 0 aromatic heterocycles. The number of carbonyl (C=O) groups is 1. The van der Waals surface area contributed by atoms with E-state index in [-0.39, 0.29) is 5.97 Å². The second-order valence-corrected chi connectivity index (χ2v) is 11.6. The van der Waals surface area contributed by atoms with Crippen LogP contribution in [0.15, 0.2) is 102 Å². The van der Waals surface area contributed by atoms with Gasteiger partial charge >= 0.3 is 5.97 Å². The molecule has 0 N–H and O–H groups in total. The lowest BCUT2D eigenvalue weighted by Crippen LogP contribution is -2.33. The summed E-state index contributed by atoms with van der Waals surface area (Å²) in [6, 6.07) is 30.9. The van der Waals surface area contributed by atoms with E-state index in [1.165, 1.54) is 11.1 Å². The summed E-state index contributed by atoms with van der Waals surface area (Å²) < 4.78 is 5.58. The molecule has 0 bridgehead atoms. The molecule has 3 aromatic rings. The highest BCUT2D eigenvalue weighted by Crippen LogP contribution is 2.82. The lowest BCUT2D eigenvalue weighted by Gasteiger charge is -2.30. The van der Waals surface area contributed by atoms with Crippen LogP contribution >= 0.6 is 35.3 Å². The molecule has 0 radical (unpaired) electrons. The number of benzene rings is 3. The third kappa shape index (κ3) is 3.65. The molecule has 0 amide bonds. The first-order valence-electron chi connectivity index (χ1n) is 10.8. The van der Waals surface area contributed by atoms with E-state index >= 15 is 0 Å². The Morgan fingerprint density at radius 2 is 1.45 bits per heavy atom. The Morgan fingerprint density at radius 1 is 0.909 bits per heavy atom. The standard InChI is InChI=1S/C27H23NO2S3/c1-3-30-24(29)22-23(19-13-7-4-8-14-19)28-25(31-2)32-27(22)26(33-27,20-15-9-5-10-16-20)21-17-11-6-12-18-21/h4-18H,3H2,1-2H3. The van der Waals surface area contributed by atoms with Crippen molar-refractivity contribution in [3.63, 3.8) is 0 Å². The topological polar surface area (TPSA) is 38.7 Å². The van der Waals surface area contributed by atoms with Crippen molar-refractivity contribution in [2.75, 3.05) is 12.9 Å². The van der Waals surface area contributed by atoms with Crippen molar-refractivity contribution in [3.8, 4) is 0 Å². The van der Waals surface area contributed by atoms with Crippen LogP contribution in [-0.2, 0) is 14.3 Å². The summed E-state index contributed by atoms with van der Waals surface area (Å²) in [5.41, 5.74) is 4.61. The summed E-state index contributed by atoms with van der Waals surface area (Å²) >= 11 is 5.10. The molecule has 3 nitrogen and oxygen atoms in total. The van der Waals surface area contributed by atoms with Crippen molar-refractivity contribution in [1.82, 2.24) is 0 Å². The molecule has 33 heavy (non-hydrogen) atoms. The zero-order valence-electron chi connectivity index (χ0n) is 18.4. The van der Waals surface area contributed by atoms with Crippen LogP contribution < -0.4 is 0 Å². The van der Waals surface area contributed by atoms with E-state index in [2.05, 4.69) is 48.5 Å². The molecular formula is C27H23NO2S3. The van der Waals surface area contributed by atoms with E-state index in [0.717, 1.165) is 9.94 Å². The van der Waals surface area contributed by atoms with Gasteiger partial charge in [-0.2, -0.15) is 0 Å². The number of thioether (sulfide) groups is 3. The Balaban J connectivity index is 1.81. The van der Waals surface area contributed by atoms with Crippen LogP contribution in [0.25, 0.3) is 5.70 Å². The van der Waals surface area contributed by atoms with Crippen molar-refractivity contribution < 1.29 is 9.53 Å². The van der Waals surface area contributed by atoms with Crippen LogP contribution in [-0.4, -0.2) is 27.3 Å². The quantitative estimate of drug-likeness (QED) is 0.291. The van der Waals surface area contributed by atoms with Gasteiger partial charge in [0, 0.05) is 5.56 Å². The van der Waals surface area contributed by atoms with Gasteiger partial charge in [-0.3, -0.25) is 0 Å². The van der Waals surface area contributed by atoms with E-state index in [9.17, 15) is 4.79 Å². The number of ether oxygens (including phenoxy) is 1. The molecule has 166 valence electrons. The Labute approximate surface area is 207 Å². The van der Waals surface area contributed by atoms with Gasteiger partial charge in [-0.15, -0.1) is 23.5 Å². The van der Waals surface area contributed by atoms with Gasteiger partial charge in [0.1, 0.15) is 8.45 Å². The molecule has 2 aliphatic rings. The average molecular weight is 490 g/mol. The predicted octanol–water partition coefficient (Wildman–Crippen LogP) is 6.81. The Morgan fingerprint density at radius 3 is 1.97 bits per heavy atom. The Kier molecular flexibility index (Phi) is 6.16. The molecule has 1 fully saturated rings. The van der Waals surface area contributed by atoms with Gasteiger partial charge in [0.05, 0.1) is 22.6 Å². The third-order valence-corrected chi connectivity index (χ3v) is 10.3. The van der Waals surface area contributed by atoms with Crippen molar-refractivity contribution in [3.05, 3.63) is 113 Å². The van der Waals surface area contributed by atoms with Gasteiger partial charge < -0.3 is 4.74 Å². The SMILES string of the molecule is CCOC(=O)C1=C(c2ccccc2)N=C(SC)SC12SC2(c1ccccc1)c1ccccc1. The summed E-state index contributed by atoms with van der Waals surface area (Å²) in [6.07, 6.45) is 2.04. The minimum absolute atomic E-state index is 0.297. The summed E-state index contributed by atoms with van der Waals surface area (Å²) in [7, 11) is 0. The second-order valence-electron chi connectivity index (χ2n) is 7.63. The molecular weight excluding hydrogens is 467 g/mol. The highest BCUT2D eigenvalue weighted by atomic mass is 32.2. The lowest BCUT2D eigenvalue weighted by molar-refractivity contribution is -0.138. The third-order valence-electron chi connectivity index (χ3n) is 5.78.